The predicted octanol–water partition coefficient (Wildman–Crippen LogP) is 0.555. The molecule has 0 atom stereocenters. The van der Waals surface area contributed by atoms with Gasteiger partial charge in [-0.1, -0.05) is 0 Å². The van der Waals surface area contributed by atoms with Crippen LogP contribution in [-0.4, -0.2) is 68.3 Å². The van der Waals surface area contributed by atoms with E-state index in [9.17, 15) is 8.42 Å². The Labute approximate surface area is 109 Å². The second kappa shape index (κ2) is 6.89. The number of hydrogen-bond acceptors (Lipinski definition) is 4. The smallest absolute Gasteiger partial charge is 0.228 e. The summed E-state index contributed by atoms with van der Waals surface area (Å²) < 4.78 is 30.0. The van der Waals surface area contributed by atoms with Crippen LogP contribution >= 0.6 is 11.6 Å². The zero-order chi connectivity index (χ0) is 12.9. The molecule has 0 aromatic heterocycles. The highest BCUT2D eigenvalue weighted by atomic mass is 35.5. The van der Waals surface area contributed by atoms with Crippen molar-refractivity contribution in [3.8, 4) is 0 Å². The molecule has 0 saturated carbocycles. The molecular formula is C10H21ClN2O3S. The first-order valence-electron chi connectivity index (χ1n) is 5.83. The Hall–Kier alpha value is 0.120. The van der Waals surface area contributed by atoms with Crippen LogP contribution in [0, 0.1) is 0 Å². The highest BCUT2D eigenvalue weighted by molar-refractivity contribution is 7.90. The molecule has 1 fully saturated rings. The van der Waals surface area contributed by atoms with Gasteiger partial charge in [-0.05, 0) is 13.8 Å². The Morgan fingerprint density at radius 1 is 1.24 bits per heavy atom. The van der Waals surface area contributed by atoms with Gasteiger partial charge in [-0.3, -0.25) is 4.90 Å². The van der Waals surface area contributed by atoms with Crippen molar-refractivity contribution in [2.75, 3.05) is 44.5 Å². The van der Waals surface area contributed by atoms with E-state index in [-0.39, 0.29) is 11.3 Å². The Bertz CT molecular complexity index is 314. The van der Waals surface area contributed by atoms with Crippen LogP contribution < -0.4 is 0 Å². The molecule has 0 radical (unpaired) electrons. The molecule has 0 spiro atoms. The maximum atomic E-state index is 11.5. The number of halogens is 1. The molecular weight excluding hydrogens is 264 g/mol. The molecule has 0 amide bonds. The lowest BCUT2D eigenvalue weighted by Gasteiger charge is -2.33. The van der Waals surface area contributed by atoms with Crippen molar-refractivity contribution in [1.29, 1.82) is 0 Å². The molecule has 1 aliphatic heterocycles. The third-order valence-electron chi connectivity index (χ3n) is 2.72. The summed E-state index contributed by atoms with van der Waals surface area (Å²) in [4.78, 5) is 2.21. The van der Waals surface area contributed by atoms with E-state index in [1.165, 1.54) is 4.31 Å². The van der Waals surface area contributed by atoms with Gasteiger partial charge in [0.2, 0.25) is 10.0 Å². The number of hydrogen-bond donors (Lipinski definition) is 0. The summed E-state index contributed by atoms with van der Waals surface area (Å²) in [5.74, 6) is 0. The maximum Gasteiger partial charge on any atom is 0.228 e. The average Bonchev–Trinajstić information content (AvgIpc) is 2.29. The molecule has 0 unspecified atom stereocenters. The number of nitrogens with zero attached hydrogens (tertiary/aromatic N) is 2. The van der Waals surface area contributed by atoms with Gasteiger partial charge in [0, 0.05) is 32.7 Å². The van der Waals surface area contributed by atoms with Crippen LogP contribution in [0.1, 0.15) is 13.8 Å². The summed E-state index contributed by atoms with van der Waals surface area (Å²) in [6.45, 7) is 8.10. The van der Waals surface area contributed by atoms with E-state index in [0.29, 0.717) is 19.7 Å². The fourth-order valence-electron chi connectivity index (χ4n) is 1.72. The Morgan fingerprint density at radius 3 is 2.29 bits per heavy atom. The quantitative estimate of drug-likeness (QED) is 0.669. The monoisotopic (exact) mass is 284 g/mol. The van der Waals surface area contributed by atoms with Crippen molar-refractivity contribution in [3.63, 3.8) is 0 Å². The standard InChI is InChI=1S/C10H21ClN2O3S/c1-10(2)16-8-7-12-3-5-13(6-4-12)17(14,15)9-11/h10H,3-9H2,1-2H3. The molecule has 17 heavy (non-hydrogen) atoms. The topological polar surface area (TPSA) is 49.9 Å². The van der Waals surface area contributed by atoms with Gasteiger partial charge in [0.05, 0.1) is 12.7 Å². The van der Waals surface area contributed by atoms with Crippen LogP contribution in [0.15, 0.2) is 0 Å². The van der Waals surface area contributed by atoms with Crippen molar-refractivity contribution >= 4 is 21.6 Å². The lowest BCUT2D eigenvalue weighted by molar-refractivity contribution is 0.0521. The fourth-order valence-corrected chi connectivity index (χ4v) is 2.99. The zero-order valence-corrected chi connectivity index (χ0v) is 12.0. The van der Waals surface area contributed by atoms with E-state index in [1.54, 1.807) is 0 Å². The van der Waals surface area contributed by atoms with Crippen LogP contribution in [0.3, 0.4) is 0 Å². The van der Waals surface area contributed by atoms with Gasteiger partial charge < -0.3 is 4.74 Å². The van der Waals surface area contributed by atoms with Crippen molar-refractivity contribution in [2.24, 2.45) is 0 Å². The van der Waals surface area contributed by atoms with E-state index in [2.05, 4.69) is 4.90 Å². The molecule has 0 aromatic rings. The number of alkyl halides is 1. The van der Waals surface area contributed by atoms with Gasteiger partial charge in [-0.25, -0.2) is 8.42 Å². The molecule has 0 aromatic carbocycles. The van der Waals surface area contributed by atoms with Crippen molar-refractivity contribution < 1.29 is 13.2 Å². The fraction of sp³-hybridized carbons (Fsp3) is 1.00. The molecule has 0 bridgehead atoms. The predicted molar refractivity (Wildman–Crippen MR) is 68.7 cm³/mol. The summed E-state index contributed by atoms with van der Waals surface area (Å²) in [5.41, 5.74) is 0. The molecule has 1 saturated heterocycles. The lowest BCUT2D eigenvalue weighted by Crippen LogP contribution is -2.49. The van der Waals surface area contributed by atoms with Crippen LogP contribution in [0.5, 0.6) is 0 Å². The molecule has 5 nitrogen and oxygen atoms in total. The van der Waals surface area contributed by atoms with Crippen molar-refractivity contribution in [1.82, 2.24) is 9.21 Å². The average molecular weight is 285 g/mol. The van der Waals surface area contributed by atoms with Crippen LogP contribution in [0.4, 0.5) is 0 Å². The van der Waals surface area contributed by atoms with Gasteiger partial charge in [0.25, 0.3) is 0 Å². The second-order valence-corrected chi connectivity index (χ2v) is 6.93. The van der Waals surface area contributed by atoms with Crippen LogP contribution in [-0.2, 0) is 14.8 Å². The minimum absolute atomic E-state index is 0.243. The van der Waals surface area contributed by atoms with Crippen LogP contribution in [0.2, 0.25) is 0 Å². The third kappa shape index (κ3) is 5.09. The largest absolute Gasteiger partial charge is 0.377 e. The first kappa shape index (κ1) is 15.2. The van der Waals surface area contributed by atoms with Gasteiger partial charge in [0.1, 0.15) is 5.21 Å². The molecule has 1 aliphatic rings. The van der Waals surface area contributed by atoms with Crippen molar-refractivity contribution in [3.05, 3.63) is 0 Å². The third-order valence-corrected chi connectivity index (χ3v) is 4.98. The summed E-state index contributed by atoms with van der Waals surface area (Å²) in [5, 5.41) is -0.330. The summed E-state index contributed by atoms with van der Waals surface area (Å²) >= 11 is 5.42. The first-order chi connectivity index (χ1) is 7.95. The van der Waals surface area contributed by atoms with Crippen LogP contribution in [0.25, 0.3) is 0 Å². The SMILES string of the molecule is CC(C)OCCN1CCN(S(=O)(=O)CCl)CC1. The maximum absolute atomic E-state index is 11.5. The summed E-state index contributed by atoms with van der Waals surface area (Å²) in [6.07, 6.45) is 0.243. The molecule has 102 valence electrons. The molecule has 0 aliphatic carbocycles. The summed E-state index contributed by atoms with van der Waals surface area (Å²) in [7, 11) is -3.24. The van der Waals surface area contributed by atoms with E-state index in [0.717, 1.165) is 19.6 Å². The number of ether oxygens (including phenoxy) is 1. The second-order valence-electron chi connectivity index (χ2n) is 4.38. The van der Waals surface area contributed by atoms with Gasteiger partial charge in [0.15, 0.2) is 0 Å². The van der Waals surface area contributed by atoms with E-state index >= 15 is 0 Å². The molecule has 0 N–H and O–H groups in total. The molecule has 1 rings (SSSR count). The lowest BCUT2D eigenvalue weighted by atomic mass is 10.3. The minimum atomic E-state index is -3.24. The highest BCUT2D eigenvalue weighted by Crippen LogP contribution is 2.09. The van der Waals surface area contributed by atoms with E-state index < -0.39 is 10.0 Å². The summed E-state index contributed by atoms with van der Waals surface area (Å²) in [6, 6.07) is 0. The van der Waals surface area contributed by atoms with Gasteiger partial charge in [-0.2, -0.15) is 4.31 Å². The molecule has 7 heteroatoms. The van der Waals surface area contributed by atoms with Crippen molar-refractivity contribution in [2.45, 2.75) is 20.0 Å². The van der Waals surface area contributed by atoms with Gasteiger partial charge >= 0.3 is 0 Å². The Kier molecular flexibility index (Phi) is 6.16. The zero-order valence-electron chi connectivity index (χ0n) is 10.4. The van der Waals surface area contributed by atoms with E-state index in [1.807, 2.05) is 13.8 Å². The number of sulfonamides is 1. The highest BCUT2D eigenvalue weighted by Gasteiger charge is 2.25. The van der Waals surface area contributed by atoms with Gasteiger partial charge in [-0.15, -0.1) is 11.6 Å². The minimum Gasteiger partial charge on any atom is -0.377 e. The molecule has 1 heterocycles. The first-order valence-corrected chi connectivity index (χ1v) is 7.98. The Morgan fingerprint density at radius 2 is 1.82 bits per heavy atom. The van der Waals surface area contributed by atoms with E-state index in [4.69, 9.17) is 16.3 Å². The number of piperazine rings is 1. The Balaban J connectivity index is 2.27. The normalized spacial score (nSPS) is 20.0. The number of rotatable bonds is 6.